The van der Waals surface area contributed by atoms with Gasteiger partial charge in [0.05, 0.1) is 6.04 Å². The van der Waals surface area contributed by atoms with E-state index in [9.17, 15) is 4.79 Å². The summed E-state index contributed by atoms with van der Waals surface area (Å²) in [4.78, 5) is 13.5. The van der Waals surface area contributed by atoms with Crippen molar-refractivity contribution in [3.63, 3.8) is 0 Å². The summed E-state index contributed by atoms with van der Waals surface area (Å²) < 4.78 is 2.09. The molecule has 1 N–H and O–H groups in total. The van der Waals surface area contributed by atoms with Crippen molar-refractivity contribution in [2.75, 3.05) is 0 Å². The summed E-state index contributed by atoms with van der Waals surface area (Å²) in [7, 11) is 0. The smallest absolute Gasteiger partial charge is 0.252 e. The maximum atomic E-state index is 13.5. The molecule has 6 heteroatoms. The van der Waals surface area contributed by atoms with Crippen LogP contribution in [0.1, 0.15) is 50.0 Å². The Labute approximate surface area is 234 Å². The van der Waals surface area contributed by atoms with E-state index in [1.807, 2.05) is 49.4 Å². The van der Waals surface area contributed by atoms with Crippen LogP contribution in [0.4, 0.5) is 0 Å². The first-order valence-electron chi connectivity index (χ1n) is 13.1. The van der Waals surface area contributed by atoms with E-state index in [-0.39, 0.29) is 11.9 Å². The molecule has 0 aliphatic carbocycles. The van der Waals surface area contributed by atoms with Crippen molar-refractivity contribution >= 4 is 17.7 Å². The molecule has 0 fully saturated rings. The van der Waals surface area contributed by atoms with E-state index in [4.69, 9.17) is 0 Å². The molecule has 1 heterocycles. The minimum absolute atomic E-state index is 0.124. The van der Waals surface area contributed by atoms with E-state index in [1.165, 1.54) is 16.7 Å². The van der Waals surface area contributed by atoms with Gasteiger partial charge in [-0.25, -0.2) is 0 Å². The number of aromatic nitrogens is 3. The quantitative estimate of drug-likeness (QED) is 0.204. The van der Waals surface area contributed by atoms with Gasteiger partial charge in [0, 0.05) is 17.0 Å². The number of aryl methyl sites for hydroxylation is 3. The van der Waals surface area contributed by atoms with Gasteiger partial charge in [-0.3, -0.25) is 9.36 Å². The van der Waals surface area contributed by atoms with E-state index < -0.39 is 0 Å². The van der Waals surface area contributed by atoms with Crippen LogP contribution in [0.2, 0.25) is 0 Å². The van der Waals surface area contributed by atoms with Crippen LogP contribution in [0.15, 0.2) is 108 Å². The highest BCUT2D eigenvalue weighted by Gasteiger charge is 2.26. The van der Waals surface area contributed by atoms with Crippen molar-refractivity contribution in [2.45, 2.75) is 44.1 Å². The van der Waals surface area contributed by atoms with E-state index in [0.717, 1.165) is 27.7 Å². The first-order chi connectivity index (χ1) is 19.0. The molecular formula is C33H32N4OS. The topological polar surface area (TPSA) is 59.8 Å². The number of nitrogens with zero attached hydrogens (tertiary/aromatic N) is 3. The zero-order valence-electron chi connectivity index (χ0n) is 22.5. The molecule has 1 amide bonds. The second kappa shape index (κ2) is 12.1. The Kier molecular flexibility index (Phi) is 8.23. The lowest BCUT2D eigenvalue weighted by atomic mass is 10.0. The molecule has 0 saturated heterocycles. The maximum Gasteiger partial charge on any atom is 0.252 e. The molecule has 0 aliphatic rings. The van der Waals surface area contributed by atoms with Gasteiger partial charge in [0.2, 0.25) is 0 Å². The molecule has 1 atom stereocenters. The average molecular weight is 533 g/mol. The minimum Gasteiger partial charge on any atom is -0.342 e. The fourth-order valence-electron chi connectivity index (χ4n) is 4.61. The third-order valence-corrected chi connectivity index (χ3v) is 7.69. The summed E-state index contributed by atoms with van der Waals surface area (Å²) in [5.74, 6) is 1.35. The first kappa shape index (κ1) is 26.4. The predicted octanol–water partition coefficient (Wildman–Crippen LogP) is 7.20. The Morgan fingerprint density at radius 3 is 2.26 bits per heavy atom. The van der Waals surface area contributed by atoms with E-state index in [2.05, 4.69) is 94.6 Å². The third-order valence-electron chi connectivity index (χ3n) is 6.69. The molecule has 5 rings (SSSR count). The Morgan fingerprint density at radius 2 is 1.51 bits per heavy atom. The Bertz CT molecular complexity index is 1560. The number of amides is 1. The summed E-state index contributed by atoms with van der Waals surface area (Å²) in [5.41, 5.74) is 7.31. The van der Waals surface area contributed by atoms with Crippen molar-refractivity contribution in [1.82, 2.24) is 20.1 Å². The van der Waals surface area contributed by atoms with Gasteiger partial charge in [-0.2, -0.15) is 0 Å². The van der Waals surface area contributed by atoms with Crippen molar-refractivity contribution in [3.05, 3.63) is 142 Å². The fraction of sp³-hybridized carbons (Fsp3) is 0.182. The average Bonchev–Trinajstić information content (AvgIpc) is 3.37. The van der Waals surface area contributed by atoms with Crippen LogP contribution in [0.5, 0.6) is 0 Å². The molecule has 39 heavy (non-hydrogen) atoms. The maximum absolute atomic E-state index is 13.5. The summed E-state index contributed by atoms with van der Waals surface area (Å²) in [6, 6.07) is 34.3. The summed E-state index contributed by atoms with van der Waals surface area (Å²) >= 11 is 1.65. The lowest BCUT2D eigenvalue weighted by molar-refractivity contribution is 0.0933. The molecule has 4 aromatic carbocycles. The molecule has 1 unspecified atom stereocenters. The lowest BCUT2D eigenvalue weighted by Gasteiger charge is -2.21. The van der Waals surface area contributed by atoms with E-state index in [1.54, 1.807) is 11.8 Å². The van der Waals surface area contributed by atoms with Crippen LogP contribution < -0.4 is 5.32 Å². The number of carbonyl (C=O) groups excluding carboxylic acids is 1. The highest BCUT2D eigenvalue weighted by Crippen LogP contribution is 2.29. The van der Waals surface area contributed by atoms with Crippen molar-refractivity contribution in [1.29, 1.82) is 0 Å². The van der Waals surface area contributed by atoms with Gasteiger partial charge in [-0.15, -0.1) is 10.2 Å². The normalized spacial score (nSPS) is 11.8. The molecule has 0 aliphatic heterocycles. The molecule has 5 aromatic rings. The second-order valence-corrected chi connectivity index (χ2v) is 10.8. The number of rotatable bonds is 9. The van der Waals surface area contributed by atoms with Gasteiger partial charge < -0.3 is 5.32 Å². The molecular weight excluding hydrogens is 500 g/mol. The SMILES string of the molecule is Cc1ccc(-n2c(SCc3cccc(C)c3)nnc2C(Cc2ccccc2)NC(=O)c2ccccc2C)cc1. The Hall–Kier alpha value is -4.16. The molecule has 5 nitrogen and oxygen atoms in total. The summed E-state index contributed by atoms with van der Waals surface area (Å²) in [6.07, 6.45) is 0.588. The van der Waals surface area contributed by atoms with E-state index >= 15 is 0 Å². The van der Waals surface area contributed by atoms with Crippen LogP contribution >= 0.6 is 11.8 Å². The van der Waals surface area contributed by atoms with Gasteiger partial charge in [0.15, 0.2) is 11.0 Å². The van der Waals surface area contributed by atoms with Crippen molar-refractivity contribution in [2.24, 2.45) is 0 Å². The van der Waals surface area contributed by atoms with Crippen molar-refractivity contribution < 1.29 is 4.79 Å². The van der Waals surface area contributed by atoms with Crippen LogP contribution in [0.25, 0.3) is 5.69 Å². The monoisotopic (exact) mass is 532 g/mol. The van der Waals surface area contributed by atoms with Crippen LogP contribution in [0.3, 0.4) is 0 Å². The third kappa shape index (κ3) is 6.47. The number of nitrogens with one attached hydrogen (secondary N) is 1. The zero-order valence-corrected chi connectivity index (χ0v) is 23.3. The number of hydrogen-bond acceptors (Lipinski definition) is 4. The first-order valence-corrected chi connectivity index (χ1v) is 14.1. The number of thioether (sulfide) groups is 1. The molecule has 0 spiro atoms. The number of benzene rings is 4. The predicted molar refractivity (Wildman–Crippen MR) is 158 cm³/mol. The molecule has 1 aromatic heterocycles. The van der Waals surface area contributed by atoms with Gasteiger partial charge in [0.25, 0.3) is 5.91 Å². The molecule has 0 saturated carbocycles. The standard InChI is InChI=1S/C33H32N4OS/c1-23-16-18-28(19-17-23)37-31(35-36-33(37)39-22-27-14-9-10-24(2)20-27)30(21-26-12-5-4-6-13-26)34-32(38)29-15-8-7-11-25(29)3/h4-20,30H,21-22H2,1-3H3,(H,34,38). The van der Waals surface area contributed by atoms with Crippen LogP contribution in [-0.4, -0.2) is 20.7 Å². The Morgan fingerprint density at radius 1 is 0.795 bits per heavy atom. The van der Waals surface area contributed by atoms with E-state index in [0.29, 0.717) is 17.8 Å². The molecule has 0 bridgehead atoms. The molecule has 0 radical (unpaired) electrons. The van der Waals surface area contributed by atoms with Gasteiger partial charge >= 0.3 is 0 Å². The summed E-state index contributed by atoms with van der Waals surface area (Å²) in [6.45, 7) is 6.13. The second-order valence-electron chi connectivity index (χ2n) is 9.82. The fourth-order valence-corrected chi connectivity index (χ4v) is 5.51. The van der Waals surface area contributed by atoms with Crippen LogP contribution in [0, 0.1) is 20.8 Å². The van der Waals surface area contributed by atoms with Gasteiger partial charge in [-0.05, 0) is 62.1 Å². The van der Waals surface area contributed by atoms with Gasteiger partial charge in [0.1, 0.15) is 0 Å². The Balaban J connectivity index is 1.55. The minimum atomic E-state index is -0.387. The number of carbonyl (C=O) groups is 1. The molecule has 196 valence electrons. The van der Waals surface area contributed by atoms with Gasteiger partial charge in [-0.1, -0.05) is 108 Å². The van der Waals surface area contributed by atoms with Crippen molar-refractivity contribution in [3.8, 4) is 5.69 Å². The summed E-state index contributed by atoms with van der Waals surface area (Å²) in [5, 5.41) is 13.4. The van der Waals surface area contributed by atoms with Crippen LogP contribution in [-0.2, 0) is 12.2 Å². The highest BCUT2D eigenvalue weighted by molar-refractivity contribution is 7.98. The zero-order chi connectivity index (χ0) is 27.2. The highest BCUT2D eigenvalue weighted by atomic mass is 32.2. The largest absolute Gasteiger partial charge is 0.342 e. The number of hydrogen-bond donors (Lipinski definition) is 1. The lowest BCUT2D eigenvalue weighted by Crippen LogP contribution is -2.32.